The molecule has 6 heteroatoms. The molecule has 152 valence electrons. The van der Waals surface area contributed by atoms with E-state index in [9.17, 15) is 4.79 Å². The maximum Gasteiger partial charge on any atom is 0.237 e. The molecule has 1 aliphatic carbocycles. The van der Waals surface area contributed by atoms with Gasteiger partial charge in [0, 0.05) is 19.6 Å². The lowest BCUT2D eigenvalue weighted by Crippen LogP contribution is -2.46. The molecule has 0 bridgehead atoms. The van der Waals surface area contributed by atoms with E-state index >= 15 is 0 Å². The molecule has 2 aliphatic heterocycles. The van der Waals surface area contributed by atoms with E-state index in [4.69, 9.17) is 4.74 Å². The Kier molecular flexibility index (Phi) is 10.3. The van der Waals surface area contributed by atoms with Crippen LogP contribution in [0.2, 0.25) is 0 Å². The molecule has 2 N–H and O–H groups in total. The van der Waals surface area contributed by atoms with Crippen LogP contribution in [0.25, 0.3) is 0 Å². The predicted molar refractivity (Wildman–Crippen MR) is 108 cm³/mol. The Labute approximate surface area is 165 Å². The Morgan fingerprint density at radius 3 is 2.58 bits per heavy atom. The molecule has 0 aromatic rings. The lowest BCUT2D eigenvalue weighted by molar-refractivity contribution is -0.123. The summed E-state index contributed by atoms with van der Waals surface area (Å²) in [6.45, 7) is 6.02. The maximum absolute atomic E-state index is 12.1. The number of piperidine rings is 1. The smallest absolute Gasteiger partial charge is 0.237 e. The average Bonchev–Trinajstić information content (AvgIpc) is 3.05. The average molecular weight is 388 g/mol. The lowest BCUT2D eigenvalue weighted by atomic mass is 9.98. The number of hydrogen-bond donors (Lipinski definition) is 2. The summed E-state index contributed by atoms with van der Waals surface area (Å²) in [5.41, 5.74) is 0. The zero-order valence-corrected chi connectivity index (χ0v) is 17.0. The van der Waals surface area contributed by atoms with Crippen molar-refractivity contribution in [3.8, 4) is 0 Å². The van der Waals surface area contributed by atoms with E-state index in [1.807, 2.05) is 0 Å². The molecule has 1 amide bonds. The summed E-state index contributed by atoms with van der Waals surface area (Å²) in [7, 11) is 0. The quantitative estimate of drug-likeness (QED) is 0.659. The lowest BCUT2D eigenvalue weighted by Gasteiger charge is -2.33. The second kappa shape index (κ2) is 12.2. The molecule has 0 radical (unpaired) electrons. The molecule has 3 fully saturated rings. The van der Waals surface area contributed by atoms with Gasteiger partial charge in [0.15, 0.2) is 0 Å². The molecule has 26 heavy (non-hydrogen) atoms. The van der Waals surface area contributed by atoms with Crippen LogP contribution in [0.15, 0.2) is 0 Å². The molecule has 0 aromatic heterocycles. The molecule has 0 spiro atoms. The Morgan fingerprint density at radius 2 is 1.85 bits per heavy atom. The topological polar surface area (TPSA) is 53.6 Å². The number of likely N-dealkylation sites (tertiary alicyclic amines) is 1. The third kappa shape index (κ3) is 7.34. The molecule has 0 aromatic carbocycles. The van der Waals surface area contributed by atoms with Crippen LogP contribution in [0.1, 0.15) is 64.2 Å². The second-order valence-corrected chi connectivity index (χ2v) is 8.19. The van der Waals surface area contributed by atoms with Crippen LogP contribution in [-0.4, -0.2) is 62.3 Å². The SMILES string of the molecule is Cl.O=C(NCC1CCCN(CCOC2CCCCCC2)C1)C1CCCN1. The summed E-state index contributed by atoms with van der Waals surface area (Å²) in [6.07, 6.45) is 13.0. The third-order valence-corrected chi connectivity index (χ3v) is 6.11. The summed E-state index contributed by atoms with van der Waals surface area (Å²) in [5.74, 6) is 0.795. The number of carbonyl (C=O) groups excluding carboxylic acids is 1. The van der Waals surface area contributed by atoms with Crippen molar-refractivity contribution >= 4 is 18.3 Å². The van der Waals surface area contributed by atoms with Crippen LogP contribution in [-0.2, 0) is 9.53 Å². The third-order valence-electron chi connectivity index (χ3n) is 6.11. The molecular formula is C20H38ClN3O2. The summed E-state index contributed by atoms with van der Waals surface area (Å²) in [5, 5.41) is 6.45. The highest BCUT2D eigenvalue weighted by atomic mass is 35.5. The van der Waals surface area contributed by atoms with Crippen molar-refractivity contribution in [2.45, 2.75) is 76.4 Å². The summed E-state index contributed by atoms with van der Waals surface area (Å²) >= 11 is 0. The fraction of sp³-hybridized carbons (Fsp3) is 0.950. The highest BCUT2D eigenvalue weighted by Crippen LogP contribution is 2.20. The first-order valence-corrected chi connectivity index (χ1v) is 10.7. The van der Waals surface area contributed by atoms with E-state index < -0.39 is 0 Å². The molecule has 2 heterocycles. The van der Waals surface area contributed by atoms with E-state index in [0.717, 1.165) is 45.6 Å². The van der Waals surface area contributed by atoms with E-state index in [2.05, 4.69) is 15.5 Å². The number of rotatable bonds is 7. The summed E-state index contributed by atoms with van der Waals surface area (Å²) < 4.78 is 6.15. The van der Waals surface area contributed by atoms with Gasteiger partial charge in [0.25, 0.3) is 0 Å². The minimum absolute atomic E-state index is 0. The van der Waals surface area contributed by atoms with E-state index in [1.54, 1.807) is 0 Å². The minimum atomic E-state index is 0. The van der Waals surface area contributed by atoms with Gasteiger partial charge in [0.2, 0.25) is 5.91 Å². The Bertz CT molecular complexity index is 397. The molecule has 2 atom stereocenters. The van der Waals surface area contributed by atoms with Crippen molar-refractivity contribution in [1.82, 2.24) is 15.5 Å². The zero-order valence-electron chi connectivity index (χ0n) is 16.2. The van der Waals surface area contributed by atoms with Crippen molar-refractivity contribution in [2.24, 2.45) is 5.92 Å². The van der Waals surface area contributed by atoms with E-state index in [1.165, 1.54) is 57.9 Å². The highest BCUT2D eigenvalue weighted by molar-refractivity contribution is 5.85. The van der Waals surface area contributed by atoms with Gasteiger partial charge in [-0.05, 0) is 57.5 Å². The molecule has 5 nitrogen and oxygen atoms in total. The van der Waals surface area contributed by atoms with Gasteiger partial charge in [0.05, 0.1) is 18.8 Å². The second-order valence-electron chi connectivity index (χ2n) is 8.19. The fourth-order valence-electron chi connectivity index (χ4n) is 4.55. The van der Waals surface area contributed by atoms with Gasteiger partial charge in [-0.25, -0.2) is 0 Å². The minimum Gasteiger partial charge on any atom is -0.377 e. The number of nitrogens with one attached hydrogen (secondary N) is 2. The maximum atomic E-state index is 12.1. The Balaban J connectivity index is 0.00000243. The molecule has 3 rings (SSSR count). The van der Waals surface area contributed by atoms with Crippen molar-refractivity contribution in [3.05, 3.63) is 0 Å². The standard InChI is InChI=1S/C20H37N3O2.ClH/c24-20(19-10-5-11-21-19)22-15-17-7-6-12-23(16-17)13-14-25-18-8-3-1-2-4-9-18;/h17-19,21H,1-16H2,(H,22,24);1H. The van der Waals surface area contributed by atoms with Crippen molar-refractivity contribution < 1.29 is 9.53 Å². The number of amides is 1. The van der Waals surface area contributed by atoms with Crippen molar-refractivity contribution in [1.29, 1.82) is 0 Å². The monoisotopic (exact) mass is 387 g/mol. The fourth-order valence-corrected chi connectivity index (χ4v) is 4.55. The highest BCUT2D eigenvalue weighted by Gasteiger charge is 2.24. The van der Waals surface area contributed by atoms with Crippen LogP contribution in [0.5, 0.6) is 0 Å². The van der Waals surface area contributed by atoms with Gasteiger partial charge in [-0.2, -0.15) is 0 Å². The van der Waals surface area contributed by atoms with E-state index in [-0.39, 0.29) is 24.4 Å². The van der Waals surface area contributed by atoms with Gasteiger partial charge in [-0.15, -0.1) is 12.4 Å². The number of carbonyl (C=O) groups is 1. The first-order chi connectivity index (χ1) is 12.3. The van der Waals surface area contributed by atoms with Crippen LogP contribution < -0.4 is 10.6 Å². The van der Waals surface area contributed by atoms with Crippen LogP contribution in [0.3, 0.4) is 0 Å². The van der Waals surface area contributed by atoms with Crippen LogP contribution in [0, 0.1) is 5.92 Å². The van der Waals surface area contributed by atoms with Gasteiger partial charge in [-0.1, -0.05) is 25.7 Å². The number of halogens is 1. The van der Waals surface area contributed by atoms with Crippen molar-refractivity contribution in [3.63, 3.8) is 0 Å². The van der Waals surface area contributed by atoms with Crippen LogP contribution >= 0.6 is 12.4 Å². The Morgan fingerprint density at radius 1 is 1.04 bits per heavy atom. The molecule has 1 saturated carbocycles. The summed E-state index contributed by atoms with van der Waals surface area (Å²) in [6, 6.07) is 0.0488. The molecule has 3 aliphatic rings. The first-order valence-electron chi connectivity index (χ1n) is 10.7. The normalized spacial score (nSPS) is 28.3. The van der Waals surface area contributed by atoms with Crippen LogP contribution in [0.4, 0.5) is 0 Å². The summed E-state index contributed by atoms with van der Waals surface area (Å²) in [4.78, 5) is 14.7. The van der Waals surface area contributed by atoms with Gasteiger partial charge < -0.3 is 20.3 Å². The molecule has 2 saturated heterocycles. The zero-order chi connectivity index (χ0) is 17.3. The number of nitrogens with zero attached hydrogens (tertiary/aromatic N) is 1. The molecular weight excluding hydrogens is 350 g/mol. The predicted octanol–water partition coefficient (Wildman–Crippen LogP) is 2.73. The molecule has 2 unspecified atom stereocenters. The van der Waals surface area contributed by atoms with Gasteiger partial charge >= 0.3 is 0 Å². The number of hydrogen-bond acceptors (Lipinski definition) is 4. The first kappa shape index (κ1) is 21.9. The van der Waals surface area contributed by atoms with Gasteiger partial charge in [0.1, 0.15) is 0 Å². The Hall–Kier alpha value is -0.360. The van der Waals surface area contributed by atoms with Crippen molar-refractivity contribution in [2.75, 3.05) is 39.3 Å². The van der Waals surface area contributed by atoms with E-state index in [0.29, 0.717) is 12.0 Å². The van der Waals surface area contributed by atoms with Gasteiger partial charge in [-0.3, -0.25) is 4.79 Å². The number of ether oxygens (including phenoxy) is 1. The largest absolute Gasteiger partial charge is 0.377 e.